The Morgan fingerprint density at radius 2 is 1.92 bits per heavy atom. The Balaban J connectivity index is 1.33. The van der Waals surface area contributed by atoms with Crippen LogP contribution in [0.5, 0.6) is 5.88 Å². The molecule has 0 saturated carbocycles. The number of fused-ring (bicyclic) bond motifs is 1. The molecule has 0 spiro atoms. The number of ether oxygens (including phenoxy) is 1. The van der Waals surface area contributed by atoms with E-state index in [-0.39, 0.29) is 5.91 Å². The van der Waals surface area contributed by atoms with Crippen LogP contribution in [0.4, 0.5) is 5.69 Å². The second-order valence-corrected chi connectivity index (χ2v) is 7.40. The van der Waals surface area contributed by atoms with E-state index >= 15 is 0 Å². The van der Waals surface area contributed by atoms with Crippen LogP contribution in [0.15, 0.2) is 59.6 Å². The largest absolute Gasteiger partial charge is 0.476 e. The van der Waals surface area contributed by atoms with Crippen molar-refractivity contribution in [1.29, 1.82) is 0 Å². The fourth-order valence-electron chi connectivity index (χ4n) is 2.49. The Labute approximate surface area is 158 Å². The molecule has 3 heterocycles. The minimum absolute atomic E-state index is 0.0835. The molecule has 4 aromatic rings. The van der Waals surface area contributed by atoms with Gasteiger partial charge in [-0.25, -0.2) is 9.97 Å². The Morgan fingerprint density at radius 3 is 2.73 bits per heavy atom. The molecule has 0 fully saturated rings. The number of rotatable bonds is 6. The van der Waals surface area contributed by atoms with Crippen molar-refractivity contribution in [3.05, 3.63) is 70.0 Å². The first-order valence-corrected chi connectivity index (χ1v) is 9.80. The van der Waals surface area contributed by atoms with Gasteiger partial charge in [-0.15, -0.1) is 22.7 Å². The molecule has 0 aliphatic heterocycles. The van der Waals surface area contributed by atoms with E-state index in [1.165, 1.54) is 17.7 Å². The third-order valence-electron chi connectivity index (χ3n) is 3.80. The molecule has 3 aromatic heterocycles. The molecular weight excluding hydrogens is 366 g/mol. The van der Waals surface area contributed by atoms with Crippen molar-refractivity contribution in [3.8, 4) is 5.88 Å². The number of benzene rings is 1. The zero-order valence-electron chi connectivity index (χ0n) is 13.7. The summed E-state index contributed by atoms with van der Waals surface area (Å²) in [6, 6.07) is 13.4. The van der Waals surface area contributed by atoms with Gasteiger partial charge in [-0.05, 0) is 40.6 Å². The van der Waals surface area contributed by atoms with Crippen molar-refractivity contribution in [2.75, 3.05) is 11.9 Å². The molecule has 1 N–H and O–H groups in total. The van der Waals surface area contributed by atoms with Gasteiger partial charge in [-0.2, -0.15) is 0 Å². The van der Waals surface area contributed by atoms with E-state index in [4.69, 9.17) is 4.74 Å². The number of hydrogen-bond acceptors (Lipinski definition) is 6. The summed E-state index contributed by atoms with van der Waals surface area (Å²) in [4.78, 5) is 21.2. The topological polar surface area (TPSA) is 64.1 Å². The standard InChI is InChI=1S/C19H15N3O2S2/c23-18(16-2-1-10-25-16)22-14-5-3-13(4-6-14)7-9-24-19-17-15(8-11-26-17)20-12-21-19/h1-6,8,10-12H,7,9H2,(H,22,23). The monoisotopic (exact) mass is 381 g/mol. The number of thiophene rings is 2. The summed E-state index contributed by atoms with van der Waals surface area (Å²) in [5.41, 5.74) is 2.82. The van der Waals surface area contributed by atoms with Gasteiger partial charge in [0.2, 0.25) is 5.88 Å². The smallest absolute Gasteiger partial charge is 0.265 e. The highest BCUT2D eigenvalue weighted by Crippen LogP contribution is 2.26. The van der Waals surface area contributed by atoms with Crippen LogP contribution in [0, 0.1) is 0 Å². The third-order valence-corrected chi connectivity index (χ3v) is 5.56. The highest BCUT2D eigenvalue weighted by molar-refractivity contribution is 7.17. The molecule has 0 aliphatic rings. The SMILES string of the molecule is O=C(Nc1ccc(CCOc2ncnc3ccsc23)cc1)c1cccs1. The number of nitrogens with zero attached hydrogens (tertiary/aromatic N) is 2. The maximum absolute atomic E-state index is 12.0. The van der Waals surface area contributed by atoms with Gasteiger partial charge in [0, 0.05) is 12.1 Å². The molecular formula is C19H15N3O2S2. The number of hydrogen-bond donors (Lipinski definition) is 1. The van der Waals surface area contributed by atoms with Crippen molar-refractivity contribution >= 4 is 44.5 Å². The summed E-state index contributed by atoms with van der Waals surface area (Å²) in [6.07, 6.45) is 2.28. The van der Waals surface area contributed by atoms with Crippen molar-refractivity contribution in [2.24, 2.45) is 0 Å². The van der Waals surface area contributed by atoms with Gasteiger partial charge in [-0.3, -0.25) is 4.79 Å². The zero-order valence-corrected chi connectivity index (χ0v) is 15.3. The van der Waals surface area contributed by atoms with Crippen molar-refractivity contribution in [2.45, 2.75) is 6.42 Å². The van der Waals surface area contributed by atoms with E-state index in [9.17, 15) is 4.79 Å². The van der Waals surface area contributed by atoms with Crippen LogP contribution >= 0.6 is 22.7 Å². The van der Waals surface area contributed by atoms with Gasteiger partial charge >= 0.3 is 0 Å². The minimum atomic E-state index is -0.0835. The van der Waals surface area contributed by atoms with Gasteiger partial charge in [0.15, 0.2) is 0 Å². The van der Waals surface area contributed by atoms with Crippen molar-refractivity contribution < 1.29 is 9.53 Å². The average Bonchev–Trinajstić information content (AvgIpc) is 3.35. The van der Waals surface area contributed by atoms with Crippen LogP contribution in [0.25, 0.3) is 10.2 Å². The first kappa shape index (κ1) is 16.7. The van der Waals surface area contributed by atoms with Crippen LogP contribution < -0.4 is 10.1 Å². The van der Waals surface area contributed by atoms with E-state index in [2.05, 4.69) is 15.3 Å². The summed E-state index contributed by atoms with van der Waals surface area (Å²) in [7, 11) is 0. The minimum Gasteiger partial charge on any atom is -0.476 e. The quantitative estimate of drug-likeness (QED) is 0.529. The molecule has 0 aliphatic carbocycles. The van der Waals surface area contributed by atoms with Crippen LogP contribution in [0.3, 0.4) is 0 Å². The van der Waals surface area contributed by atoms with E-state index in [1.807, 2.05) is 53.2 Å². The second kappa shape index (κ2) is 7.63. The lowest BCUT2D eigenvalue weighted by atomic mass is 10.1. The van der Waals surface area contributed by atoms with Gasteiger partial charge < -0.3 is 10.1 Å². The lowest BCUT2D eigenvalue weighted by Crippen LogP contribution is -2.10. The Bertz CT molecular complexity index is 1010. The highest BCUT2D eigenvalue weighted by Gasteiger charge is 2.08. The Morgan fingerprint density at radius 1 is 1.04 bits per heavy atom. The molecule has 26 heavy (non-hydrogen) atoms. The van der Waals surface area contributed by atoms with Crippen LogP contribution in [-0.2, 0) is 6.42 Å². The van der Waals surface area contributed by atoms with Gasteiger partial charge in [0.1, 0.15) is 11.0 Å². The molecule has 1 aromatic carbocycles. The molecule has 0 radical (unpaired) electrons. The van der Waals surface area contributed by atoms with Crippen molar-refractivity contribution in [1.82, 2.24) is 9.97 Å². The summed E-state index contributed by atoms with van der Waals surface area (Å²) in [5, 5.41) is 6.77. The van der Waals surface area contributed by atoms with Crippen LogP contribution in [0.2, 0.25) is 0 Å². The normalized spacial score (nSPS) is 10.8. The predicted molar refractivity (Wildman–Crippen MR) is 105 cm³/mol. The first-order chi connectivity index (χ1) is 12.8. The molecule has 0 atom stereocenters. The van der Waals surface area contributed by atoms with Gasteiger partial charge in [0.25, 0.3) is 5.91 Å². The molecule has 0 saturated heterocycles. The van der Waals surface area contributed by atoms with Gasteiger partial charge in [-0.1, -0.05) is 18.2 Å². The number of amides is 1. The summed E-state index contributed by atoms with van der Waals surface area (Å²) in [5.74, 6) is 0.546. The van der Waals surface area contributed by atoms with E-state index in [0.717, 1.165) is 27.9 Å². The van der Waals surface area contributed by atoms with Gasteiger partial charge in [0.05, 0.1) is 17.0 Å². The molecule has 0 bridgehead atoms. The first-order valence-electron chi connectivity index (χ1n) is 8.04. The van der Waals surface area contributed by atoms with E-state index in [1.54, 1.807) is 11.3 Å². The van der Waals surface area contributed by atoms with E-state index in [0.29, 0.717) is 17.4 Å². The number of carbonyl (C=O) groups excluding carboxylic acids is 1. The highest BCUT2D eigenvalue weighted by atomic mass is 32.1. The lowest BCUT2D eigenvalue weighted by molar-refractivity contribution is 0.103. The number of aromatic nitrogens is 2. The second-order valence-electron chi connectivity index (χ2n) is 5.54. The molecule has 0 unspecified atom stereocenters. The Kier molecular flexibility index (Phi) is 4.90. The van der Waals surface area contributed by atoms with Crippen molar-refractivity contribution in [3.63, 3.8) is 0 Å². The Hall–Kier alpha value is -2.77. The summed E-state index contributed by atoms with van der Waals surface area (Å²) < 4.78 is 6.79. The molecule has 4 rings (SSSR count). The molecule has 1 amide bonds. The van der Waals surface area contributed by atoms with E-state index < -0.39 is 0 Å². The maximum Gasteiger partial charge on any atom is 0.265 e. The average molecular weight is 381 g/mol. The fourth-order valence-corrected chi connectivity index (χ4v) is 3.90. The predicted octanol–water partition coefficient (Wildman–Crippen LogP) is 4.63. The molecule has 5 nitrogen and oxygen atoms in total. The third kappa shape index (κ3) is 3.74. The summed E-state index contributed by atoms with van der Waals surface area (Å²) in [6.45, 7) is 0.533. The number of carbonyl (C=O) groups is 1. The zero-order chi connectivity index (χ0) is 17.8. The number of nitrogens with one attached hydrogen (secondary N) is 1. The molecule has 130 valence electrons. The molecule has 7 heteroatoms. The van der Waals surface area contributed by atoms with Crippen LogP contribution in [-0.4, -0.2) is 22.5 Å². The number of anilines is 1. The summed E-state index contributed by atoms with van der Waals surface area (Å²) >= 11 is 3.00. The lowest BCUT2D eigenvalue weighted by Gasteiger charge is -2.07. The fraction of sp³-hybridized carbons (Fsp3) is 0.105. The maximum atomic E-state index is 12.0. The van der Waals surface area contributed by atoms with Crippen LogP contribution in [0.1, 0.15) is 15.2 Å².